The predicted octanol–water partition coefficient (Wildman–Crippen LogP) is 6.82. The monoisotopic (exact) mass is 451 g/mol. The predicted molar refractivity (Wildman–Crippen MR) is 116 cm³/mol. The third kappa shape index (κ3) is 2.93. The van der Waals surface area contributed by atoms with Crippen molar-refractivity contribution in [3.63, 3.8) is 0 Å². The Morgan fingerprint density at radius 3 is 2.68 bits per heavy atom. The number of aromatic nitrogens is 3. The molecule has 2 heterocycles. The Labute approximate surface area is 173 Å². The van der Waals surface area contributed by atoms with Gasteiger partial charge in [0.15, 0.2) is 0 Å². The molecule has 3 aromatic carbocycles. The number of benzene rings is 3. The lowest BCUT2D eigenvalue weighted by molar-refractivity contribution is 0.543. The maximum absolute atomic E-state index is 14.3. The van der Waals surface area contributed by atoms with Crippen LogP contribution in [0.1, 0.15) is 18.5 Å². The molecule has 0 fully saturated rings. The van der Waals surface area contributed by atoms with Crippen molar-refractivity contribution in [2.45, 2.75) is 13.0 Å². The molecule has 0 aliphatic heterocycles. The van der Waals surface area contributed by atoms with Gasteiger partial charge < -0.3 is 0 Å². The van der Waals surface area contributed by atoms with Gasteiger partial charge in [-0.2, -0.15) is 0 Å². The van der Waals surface area contributed by atoms with Gasteiger partial charge in [0.1, 0.15) is 11.5 Å². The highest BCUT2D eigenvalue weighted by molar-refractivity contribution is 9.10. The molecule has 5 aromatic rings. The first kappa shape index (κ1) is 17.5. The molecule has 28 heavy (non-hydrogen) atoms. The second-order valence-corrected chi connectivity index (χ2v) is 8.74. The van der Waals surface area contributed by atoms with Gasteiger partial charge in [0, 0.05) is 30.2 Å². The minimum atomic E-state index is -0.319. The topological polar surface area (TPSA) is 30.7 Å². The Kier molecular flexibility index (Phi) is 4.25. The van der Waals surface area contributed by atoms with Gasteiger partial charge in [-0.15, -0.1) is 16.4 Å². The van der Waals surface area contributed by atoms with Crippen LogP contribution in [0.15, 0.2) is 71.3 Å². The lowest BCUT2D eigenvalue weighted by Gasteiger charge is -2.12. The van der Waals surface area contributed by atoms with Crippen molar-refractivity contribution in [2.75, 3.05) is 0 Å². The summed E-state index contributed by atoms with van der Waals surface area (Å²) in [5.74, 6) is -0.319. The Balaban J connectivity index is 1.53. The summed E-state index contributed by atoms with van der Waals surface area (Å²) >= 11 is 5.08. The Bertz CT molecular complexity index is 1320. The van der Waals surface area contributed by atoms with Gasteiger partial charge in [-0.3, -0.25) is 0 Å². The summed E-state index contributed by atoms with van der Waals surface area (Å²) in [6, 6.07) is 19.9. The van der Waals surface area contributed by atoms with Crippen molar-refractivity contribution in [2.24, 2.45) is 0 Å². The van der Waals surface area contributed by atoms with E-state index in [2.05, 4.69) is 75.6 Å². The molecule has 0 N–H and O–H groups in total. The van der Waals surface area contributed by atoms with Crippen molar-refractivity contribution in [1.29, 1.82) is 0 Å². The van der Waals surface area contributed by atoms with Gasteiger partial charge in [-0.05, 0) is 48.9 Å². The molecule has 0 aliphatic carbocycles. The summed E-state index contributed by atoms with van der Waals surface area (Å²) < 4.78 is 19.3. The first-order valence-corrected chi connectivity index (χ1v) is 10.5. The van der Waals surface area contributed by atoms with Gasteiger partial charge in [-0.25, -0.2) is 9.07 Å². The highest BCUT2D eigenvalue weighted by atomic mass is 79.9. The van der Waals surface area contributed by atoms with Crippen molar-refractivity contribution in [3.05, 3.63) is 82.7 Å². The summed E-state index contributed by atoms with van der Waals surface area (Å²) in [5.41, 5.74) is 2.11. The molecule has 0 saturated heterocycles. The van der Waals surface area contributed by atoms with Crippen LogP contribution in [0.25, 0.3) is 31.4 Å². The second-order valence-electron chi connectivity index (χ2n) is 6.74. The van der Waals surface area contributed by atoms with E-state index in [-0.39, 0.29) is 11.9 Å². The van der Waals surface area contributed by atoms with E-state index in [0.717, 1.165) is 5.56 Å². The minimum Gasteiger partial charge on any atom is -0.245 e. The molecule has 0 spiro atoms. The van der Waals surface area contributed by atoms with Crippen LogP contribution in [0, 0.1) is 5.82 Å². The fourth-order valence-corrected chi connectivity index (χ4v) is 4.86. The summed E-state index contributed by atoms with van der Waals surface area (Å²) in [7, 11) is 0. The first-order chi connectivity index (χ1) is 13.6. The first-order valence-electron chi connectivity index (χ1n) is 8.88. The molecule has 0 amide bonds. The number of nitrogens with zero attached hydrogens (tertiary/aromatic N) is 3. The number of thiophene rings is 1. The van der Waals surface area contributed by atoms with Gasteiger partial charge in [0.2, 0.25) is 0 Å². The SMILES string of the molecule is CC(c1ccc2sc3ccccc3c2c1)n1cc(-c2ccc(Br)cc2F)nn1. The third-order valence-corrected chi connectivity index (χ3v) is 6.64. The van der Waals surface area contributed by atoms with Crippen molar-refractivity contribution in [1.82, 2.24) is 15.0 Å². The quantitative estimate of drug-likeness (QED) is 0.301. The molecule has 3 nitrogen and oxygen atoms in total. The Morgan fingerprint density at radius 2 is 1.82 bits per heavy atom. The van der Waals surface area contributed by atoms with E-state index in [1.807, 2.05) is 0 Å². The normalized spacial score (nSPS) is 12.7. The number of hydrogen-bond acceptors (Lipinski definition) is 3. The molecule has 1 unspecified atom stereocenters. The molecule has 1 atom stereocenters. The molecule has 0 aliphatic rings. The maximum atomic E-state index is 14.3. The largest absolute Gasteiger partial charge is 0.245 e. The molecule has 5 rings (SSSR count). The number of halogens is 2. The minimum absolute atomic E-state index is 0.0113. The van der Waals surface area contributed by atoms with Crippen LogP contribution in [0.5, 0.6) is 0 Å². The van der Waals surface area contributed by atoms with E-state index in [0.29, 0.717) is 15.7 Å². The van der Waals surface area contributed by atoms with E-state index < -0.39 is 0 Å². The molecular weight excluding hydrogens is 437 g/mol. The van der Waals surface area contributed by atoms with E-state index >= 15 is 0 Å². The average Bonchev–Trinajstić information content (AvgIpc) is 3.32. The highest BCUT2D eigenvalue weighted by Crippen LogP contribution is 2.35. The number of rotatable bonds is 3. The smallest absolute Gasteiger partial charge is 0.133 e. The van der Waals surface area contributed by atoms with Gasteiger partial charge in [0.05, 0.1) is 12.2 Å². The van der Waals surface area contributed by atoms with Crippen molar-refractivity contribution < 1.29 is 4.39 Å². The highest BCUT2D eigenvalue weighted by Gasteiger charge is 2.15. The Hall–Kier alpha value is -2.57. The summed E-state index contributed by atoms with van der Waals surface area (Å²) in [6.45, 7) is 2.08. The zero-order chi connectivity index (χ0) is 19.3. The van der Waals surface area contributed by atoms with Gasteiger partial charge >= 0.3 is 0 Å². The molecule has 6 heteroatoms. The summed E-state index contributed by atoms with van der Waals surface area (Å²) in [6.07, 6.45) is 1.80. The molecule has 0 saturated carbocycles. The van der Waals surface area contributed by atoms with Crippen LogP contribution in [0.3, 0.4) is 0 Å². The van der Waals surface area contributed by atoms with Crippen LogP contribution >= 0.6 is 27.3 Å². The van der Waals surface area contributed by atoms with E-state index in [1.165, 1.54) is 26.2 Å². The zero-order valence-corrected chi connectivity index (χ0v) is 17.3. The molecule has 2 aromatic heterocycles. The average molecular weight is 452 g/mol. The molecule has 0 bridgehead atoms. The van der Waals surface area contributed by atoms with Crippen LogP contribution in [0.2, 0.25) is 0 Å². The van der Waals surface area contributed by atoms with Crippen LogP contribution < -0.4 is 0 Å². The number of hydrogen-bond donors (Lipinski definition) is 0. The van der Waals surface area contributed by atoms with Gasteiger partial charge in [0.25, 0.3) is 0 Å². The molecular formula is C22H15BrFN3S. The fourth-order valence-electron chi connectivity index (χ4n) is 3.44. The van der Waals surface area contributed by atoms with Crippen molar-refractivity contribution >= 4 is 47.4 Å². The second kappa shape index (κ2) is 6.79. The van der Waals surface area contributed by atoms with E-state index in [1.54, 1.807) is 34.3 Å². The zero-order valence-electron chi connectivity index (χ0n) is 14.9. The van der Waals surface area contributed by atoms with E-state index in [9.17, 15) is 4.39 Å². The van der Waals surface area contributed by atoms with Gasteiger partial charge in [-0.1, -0.05) is 45.4 Å². The van der Waals surface area contributed by atoms with Crippen LogP contribution in [-0.4, -0.2) is 15.0 Å². The van der Waals surface area contributed by atoms with Crippen LogP contribution in [-0.2, 0) is 0 Å². The lowest BCUT2D eigenvalue weighted by Crippen LogP contribution is -2.07. The third-order valence-electron chi connectivity index (χ3n) is 5.00. The molecule has 138 valence electrons. The Morgan fingerprint density at radius 1 is 1.00 bits per heavy atom. The maximum Gasteiger partial charge on any atom is 0.133 e. The number of fused-ring (bicyclic) bond motifs is 3. The van der Waals surface area contributed by atoms with E-state index in [4.69, 9.17) is 0 Å². The van der Waals surface area contributed by atoms with Crippen LogP contribution in [0.4, 0.5) is 4.39 Å². The summed E-state index contributed by atoms with van der Waals surface area (Å²) in [5, 5.41) is 11.0. The standard InChI is InChI=1S/C22H15BrFN3S/c1-13(27-12-20(25-26-27)17-8-7-15(23)11-19(17)24)14-6-9-22-18(10-14)16-4-2-3-5-21(16)28-22/h2-13H,1H3. The fraction of sp³-hybridized carbons (Fsp3) is 0.0909. The molecule has 0 radical (unpaired) electrons. The lowest BCUT2D eigenvalue weighted by atomic mass is 10.0. The van der Waals surface area contributed by atoms with Crippen molar-refractivity contribution in [3.8, 4) is 11.3 Å². The summed E-state index contributed by atoms with van der Waals surface area (Å²) in [4.78, 5) is 0.